The number of benzene rings is 1. The van der Waals surface area contributed by atoms with Crippen LogP contribution in [0.15, 0.2) is 29.1 Å². The number of amides is 2. The highest BCUT2D eigenvalue weighted by Gasteiger charge is 2.34. The molecule has 3 aromatic rings. The molecule has 2 aliphatic rings. The number of cyclic esters (lactones) is 1. The van der Waals surface area contributed by atoms with Gasteiger partial charge in [-0.05, 0) is 12.1 Å². The molecule has 1 N–H and O–H groups in total. The average Bonchev–Trinajstić information content (AvgIpc) is 3.24. The number of hydrogen-bond donors (Lipinski definition) is 1. The van der Waals surface area contributed by atoms with Crippen molar-refractivity contribution in [2.75, 3.05) is 55.0 Å². The molecular formula is C24H27F2N7O4. The second-order valence-corrected chi connectivity index (χ2v) is 9.29. The van der Waals surface area contributed by atoms with Crippen molar-refractivity contribution in [2.45, 2.75) is 26.1 Å². The van der Waals surface area contributed by atoms with E-state index >= 15 is 8.78 Å². The topological polar surface area (TPSA) is 105 Å². The van der Waals surface area contributed by atoms with Crippen molar-refractivity contribution in [1.82, 2.24) is 19.7 Å². The third-order valence-corrected chi connectivity index (χ3v) is 6.57. The van der Waals surface area contributed by atoms with Crippen LogP contribution in [-0.2, 0) is 22.6 Å². The number of anilines is 3. The number of pyridine rings is 1. The van der Waals surface area contributed by atoms with Gasteiger partial charge in [0.1, 0.15) is 17.6 Å². The van der Waals surface area contributed by atoms with Gasteiger partial charge in [0.15, 0.2) is 17.3 Å². The molecule has 11 nitrogen and oxygen atoms in total. The largest absolute Gasteiger partial charge is 0.442 e. The monoisotopic (exact) mass is 515 g/mol. The SMILES string of the molecule is CC(=O)NC[C@H]1CN(c2cc(F)c(N3CCn4c(=O)c5ccc(N(C)C)nc5n4CC3)c(F)c2)C(=O)O1. The smallest absolute Gasteiger partial charge is 0.414 e. The number of halogens is 2. The normalized spacial score (nSPS) is 17.5. The van der Waals surface area contributed by atoms with Gasteiger partial charge in [-0.25, -0.2) is 23.2 Å². The zero-order valence-electron chi connectivity index (χ0n) is 20.7. The first-order valence-electron chi connectivity index (χ1n) is 11.9. The number of aromatic nitrogens is 3. The predicted molar refractivity (Wildman–Crippen MR) is 133 cm³/mol. The molecule has 2 aliphatic heterocycles. The number of fused-ring (bicyclic) bond motifs is 3. The lowest BCUT2D eigenvalue weighted by atomic mass is 10.2. The van der Waals surface area contributed by atoms with E-state index in [1.54, 1.807) is 26.4 Å². The van der Waals surface area contributed by atoms with Crippen molar-refractivity contribution in [1.29, 1.82) is 0 Å². The number of hydrogen-bond acceptors (Lipinski definition) is 7. The quantitative estimate of drug-likeness (QED) is 0.550. The van der Waals surface area contributed by atoms with Crippen LogP contribution in [-0.4, -0.2) is 72.7 Å². The van der Waals surface area contributed by atoms with Gasteiger partial charge in [-0.2, -0.15) is 0 Å². The van der Waals surface area contributed by atoms with E-state index in [1.807, 2.05) is 19.0 Å². The summed E-state index contributed by atoms with van der Waals surface area (Å²) in [4.78, 5) is 45.5. The van der Waals surface area contributed by atoms with Gasteiger partial charge in [-0.3, -0.25) is 19.2 Å². The number of nitrogens with zero attached hydrogens (tertiary/aromatic N) is 6. The minimum Gasteiger partial charge on any atom is -0.442 e. The Labute approximate surface area is 210 Å². The van der Waals surface area contributed by atoms with Crippen LogP contribution >= 0.6 is 0 Å². The van der Waals surface area contributed by atoms with Crippen molar-refractivity contribution in [2.24, 2.45) is 0 Å². The van der Waals surface area contributed by atoms with Gasteiger partial charge in [0.25, 0.3) is 5.56 Å². The van der Waals surface area contributed by atoms with E-state index in [4.69, 9.17) is 4.74 Å². The molecule has 1 fully saturated rings. The zero-order chi connectivity index (χ0) is 26.4. The van der Waals surface area contributed by atoms with Crippen LogP contribution in [0, 0.1) is 11.6 Å². The molecule has 0 spiro atoms. The van der Waals surface area contributed by atoms with Gasteiger partial charge in [-0.1, -0.05) is 0 Å². The molecule has 0 unspecified atom stereocenters. The fraction of sp³-hybridized carbons (Fsp3) is 0.417. The van der Waals surface area contributed by atoms with Crippen LogP contribution in [0.1, 0.15) is 6.92 Å². The van der Waals surface area contributed by atoms with Crippen molar-refractivity contribution in [3.63, 3.8) is 0 Å². The first-order valence-corrected chi connectivity index (χ1v) is 11.9. The highest BCUT2D eigenvalue weighted by atomic mass is 19.1. The number of rotatable bonds is 5. The van der Waals surface area contributed by atoms with Crippen molar-refractivity contribution >= 4 is 40.2 Å². The Hall–Kier alpha value is -4.16. The summed E-state index contributed by atoms with van der Waals surface area (Å²) in [5, 5.41) is 3.05. The van der Waals surface area contributed by atoms with Gasteiger partial charge in [-0.15, -0.1) is 0 Å². The molecular weight excluding hydrogens is 488 g/mol. The maximum atomic E-state index is 15.3. The summed E-state index contributed by atoms with van der Waals surface area (Å²) in [6.45, 7) is 2.46. The van der Waals surface area contributed by atoms with Gasteiger partial charge in [0, 0.05) is 46.2 Å². The van der Waals surface area contributed by atoms with E-state index in [1.165, 1.54) is 6.92 Å². The Morgan fingerprint density at radius 3 is 2.43 bits per heavy atom. The highest BCUT2D eigenvalue weighted by molar-refractivity contribution is 5.90. The summed E-state index contributed by atoms with van der Waals surface area (Å²) < 4.78 is 39.1. The Bertz CT molecular complexity index is 1430. The highest BCUT2D eigenvalue weighted by Crippen LogP contribution is 2.31. The molecule has 2 aromatic heterocycles. The lowest BCUT2D eigenvalue weighted by Gasteiger charge is -2.24. The number of nitrogens with one attached hydrogen (secondary N) is 1. The summed E-state index contributed by atoms with van der Waals surface area (Å²) in [6.07, 6.45) is -1.37. The molecule has 0 aliphatic carbocycles. The van der Waals surface area contributed by atoms with Gasteiger partial charge < -0.3 is 19.9 Å². The summed E-state index contributed by atoms with van der Waals surface area (Å²) in [7, 11) is 3.71. The molecule has 5 rings (SSSR count). The van der Waals surface area contributed by atoms with Crippen LogP contribution in [0.4, 0.5) is 30.8 Å². The zero-order valence-corrected chi connectivity index (χ0v) is 20.7. The second kappa shape index (κ2) is 9.37. The standard InChI is InChI=1S/C24H27F2N7O4/c1-14(34)27-12-16-13-31(24(36)37-16)15-10-18(25)21(19(26)11-15)30-6-8-32-22-17(23(35)33(32)9-7-30)4-5-20(28-22)29(2)3/h4-5,10-11,16H,6-9,12-13H2,1-3H3,(H,27,34)/t16-/m0/s1. The van der Waals surface area contributed by atoms with E-state index in [9.17, 15) is 14.4 Å². The maximum Gasteiger partial charge on any atom is 0.414 e. The maximum absolute atomic E-state index is 15.3. The van der Waals surface area contributed by atoms with Gasteiger partial charge >= 0.3 is 6.09 Å². The third kappa shape index (κ3) is 4.45. The molecule has 0 bridgehead atoms. The second-order valence-electron chi connectivity index (χ2n) is 9.29. The molecule has 13 heteroatoms. The van der Waals surface area contributed by atoms with Crippen LogP contribution in [0.3, 0.4) is 0 Å². The molecule has 4 heterocycles. The van der Waals surface area contributed by atoms with Crippen LogP contribution in [0.2, 0.25) is 0 Å². The van der Waals surface area contributed by atoms with Crippen LogP contribution in [0.5, 0.6) is 0 Å². The molecule has 0 saturated carbocycles. The summed E-state index contributed by atoms with van der Waals surface area (Å²) in [5.41, 5.74) is 0.122. The van der Waals surface area contributed by atoms with Crippen LogP contribution < -0.4 is 25.6 Å². The fourth-order valence-corrected chi connectivity index (χ4v) is 4.74. The minimum atomic E-state index is -0.829. The van der Waals surface area contributed by atoms with Crippen molar-refractivity contribution < 1.29 is 23.1 Å². The average molecular weight is 516 g/mol. The summed E-state index contributed by atoms with van der Waals surface area (Å²) in [5.74, 6) is -1.24. The van der Waals surface area contributed by atoms with Crippen molar-refractivity contribution in [3.05, 3.63) is 46.3 Å². The van der Waals surface area contributed by atoms with Gasteiger partial charge in [0.2, 0.25) is 5.91 Å². The third-order valence-electron chi connectivity index (χ3n) is 6.57. The minimum absolute atomic E-state index is 0.0257. The van der Waals surface area contributed by atoms with E-state index < -0.39 is 23.8 Å². The first kappa shape index (κ1) is 24.5. The lowest BCUT2D eigenvalue weighted by Crippen LogP contribution is -2.33. The van der Waals surface area contributed by atoms with E-state index in [0.29, 0.717) is 23.4 Å². The fourth-order valence-electron chi connectivity index (χ4n) is 4.74. The van der Waals surface area contributed by atoms with Crippen molar-refractivity contribution in [3.8, 4) is 0 Å². The lowest BCUT2D eigenvalue weighted by molar-refractivity contribution is -0.119. The predicted octanol–water partition coefficient (Wildman–Crippen LogP) is 1.52. The number of ether oxygens (including phenoxy) is 1. The number of carbonyl (C=O) groups is 2. The molecule has 1 saturated heterocycles. The molecule has 37 heavy (non-hydrogen) atoms. The molecule has 1 atom stereocenters. The van der Waals surface area contributed by atoms with E-state index in [0.717, 1.165) is 17.0 Å². The summed E-state index contributed by atoms with van der Waals surface area (Å²) in [6, 6.07) is 5.71. The molecule has 2 amide bonds. The Kier molecular flexibility index (Phi) is 6.21. The van der Waals surface area contributed by atoms with E-state index in [2.05, 4.69) is 10.3 Å². The van der Waals surface area contributed by atoms with E-state index in [-0.39, 0.29) is 55.6 Å². The molecule has 0 radical (unpaired) electrons. The number of carbonyl (C=O) groups excluding carboxylic acids is 2. The van der Waals surface area contributed by atoms with Crippen LogP contribution in [0.25, 0.3) is 11.0 Å². The molecule has 196 valence electrons. The first-order chi connectivity index (χ1) is 17.6. The Balaban J connectivity index is 1.38. The Morgan fingerprint density at radius 2 is 1.78 bits per heavy atom. The molecule has 1 aromatic carbocycles. The van der Waals surface area contributed by atoms with Gasteiger partial charge in [0.05, 0.1) is 37.3 Å². The Morgan fingerprint density at radius 1 is 1.11 bits per heavy atom. The summed E-state index contributed by atoms with van der Waals surface area (Å²) >= 11 is 0.